The van der Waals surface area contributed by atoms with Gasteiger partial charge in [-0.1, -0.05) is 30.7 Å². The first-order valence-corrected chi connectivity index (χ1v) is 9.54. The molecule has 0 saturated carbocycles. The lowest BCUT2D eigenvalue weighted by molar-refractivity contribution is 0.105. The average molecular weight is 387 g/mol. The van der Waals surface area contributed by atoms with Crippen molar-refractivity contribution in [2.75, 3.05) is 0 Å². The molecule has 0 aliphatic rings. The number of rotatable bonds is 7. The molecule has 0 unspecified atom stereocenters. The Balaban J connectivity index is 1.61. The van der Waals surface area contributed by atoms with Gasteiger partial charge in [0.2, 0.25) is 0 Å². The van der Waals surface area contributed by atoms with Gasteiger partial charge in [0.1, 0.15) is 23.9 Å². The quantitative estimate of drug-likeness (QED) is 0.351. The van der Waals surface area contributed by atoms with Crippen LogP contribution in [0, 0.1) is 6.92 Å². The molecule has 2 aromatic heterocycles. The molecule has 0 saturated heterocycles. The highest BCUT2D eigenvalue weighted by Crippen LogP contribution is 2.29. The Morgan fingerprint density at radius 1 is 1.23 bits per heavy atom. The van der Waals surface area contributed by atoms with Crippen LogP contribution in [0.2, 0.25) is 5.02 Å². The molecule has 0 atom stereocenters. The number of hydrogen-bond acceptors (Lipinski definition) is 4. The molecule has 0 fully saturated rings. The molecule has 0 spiro atoms. The summed E-state index contributed by atoms with van der Waals surface area (Å²) >= 11 is 7.68. The number of para-hydroxylation sites is 1. The zero-order valence-corrected chi connectivity index (χ0v) is 16.2. The number of ether oxygens (including phenoxy) is 1. The van der Waals surface area contributed by atoms with Crippen LogP contribution in [0.1, 0.15) is 38.6 Å². The number of halogens is 1. The molecule has 0 aliphatic carbocycles. The largest absolute Gasteiger partial charge is 0.484 e. The lowest BCUT2D eigenvalue weighted by Gasteiger charge is -2.09. The Kier molecular flexibility index (Phi) is 5.96. The Morgan fingerprint density at radius 2 is 2.08 bits per heavy atom. The van der Waals surface area contributed by atoms with Crippen LogP contribution in [-0.2, 0) is 13.0 Å². The number of carbonyl (C=O) groups is 1. The van der Waals surface area contributed by atoms with Crippen molar-refractivity contribution >= 4 is 34.8 Å². The maximum absolute atomic E-state index is 12.2. The summed E-state index contributed by atoms with van der Waals surface area (Å²) in [6.07, 6.45) is 4.15. The zero-order chi connectivity index (χ0) is 18.5. The van der Waals surface area contributed by atoms with Crippen molar-refractivity contribution in [3.63, 3.8) is 0 Å². The molecule has 134 valence electrons. The van der Waals surface area contributed by atoms with E-state index in [0.29, 0.717) is 22.3 Å². The summed E-state index contributed by atoms with van der Waals surface area (Å²) in [5.41, 5.74) is 0.970. The topological polar surface area (TPSA) is 39.4 Å². The number of carbonyl (C=O) groups excluding carboxylic acids is 1. The van der Waals surface area contributed by atoms with E-state index in [0.717, 1.165) is 16.9 Å². The second kappa shape index (κ2) is 8.39. The lowest BCUT2D eigenvalue weighted by Crippen LogP contribution is -1.96. The van der Waals surface area contributed by atoms with Crippen molar-refractivity contribution in [2.45, 2.75) is 26.9 Å². The van der Waals surface area contributed by atoms with E-state index in [4.69, 9.17) is 20.8 Å². The van der Waals surface area contributed by atoms with Crippen LogP contribution in [0.5, 0.6) is 5.75 Å². The highest BCUT2D eigenvalue weighted by molar-refractivity contribution is 7.14. The summed E-state index contributed by atoms with van der Waals surface area (Å²) in [6, 6.07) is 13.1. The number of hydrogen-bond donors (Lipinski definition) is 0. The molecule has 0 amide bonds. The Morgan fingerprint density at radius 3 is 2.81 bits per heavy atom. The molecule has 0 N–H and O–H groups in total. The van der Waals surface area contributed by atoms with Gasteiger partial charge in [-0.25, -0.2) is 0 Å². The number of furan rings is 1. The van der Waals surface area contributed by atoms with E-state index in [9.17, 15) is 4.79 Å². The average Bonchev–Trinajstić information content (AvgIpc) is 3.28. The Bertz CT molecular complexity index is 916. The van der Waals surface area contributed by atoms with Crippen LogP contribution < -0.4 is 4.74 Å². The van der Waals surface area contributed by atoms with Crippen LogP contribution in [0.25, 0.3) is 6.08 Å². The predicted molar refractivity (Wildman–Crippen MR) is 106 cm³/mol. The van der Waals surface area contributed by atoms with Gasteiger partial charge >= 0.3 is 0 Å². The fourth-order valence-corrected chi connectivity index (χ4v) is 3.59. The minimum absolute atomic E-state index is 0.0180. The predicted octanol–water partition coefficient (Wildman–Crippen LogP) is 6.34. The van der Waals surface area contributed by atoms with Crippen LogP contribution in [0.15, 0.2) is 53.0 Å². The first-order valence-electron chi connectivity index (χ1n) is 8.34. The summed E-state index contributed by atoms with van der Waals surface area (Å²) < 4.78 is 11.5. The molecule has 2 heterocycles. The van der Waals surface area contributed by atoms with E-state index >= 15 is 0 Å². The molecule has 0 aliphatic heterocycles. The van der Waals surface area contributed by atoms with E-state index in [2.05, 4.69) is 6.92 Å². The minimum Gasteiger partial charge on any atom is -0.484 e. The highest BCUT2D eigenvalue weighted by atomic mass is 35.5. The van der Waals surface area contributed by atoms with Gasteiger partial charge in [-0.2, -0.15) is 0 Å². The van der Waals surface area contributed by atoms with Gasteiger partial charge in [-0.05, 0) is 61.4 Å². The molecule has 1 aromatic carbocycles. The van der Waals surface area contributed by atoms with E-state index in [1.807, 2.05) is 43.3 Å². The van der Waals surface area contributed by atoms with Crippen LogP contribution in [0.4, 0.5) is 0 Å². The number of ketones is 1. The van der Waals surface area contributed by atoms with Crippen LogP contribution in [0.3, 0.4) is 0 Å². The van der Waals surface area contributed by atoms with Gasteiger partial charge in [0, 0.05) is 4.88 Å². The molecule has 3 rings (SSSR count). The van der Waals surface area contributed by atoms with Crippen molar-refractivity contribution in [1.82, 2.24) is 0 Å². The maximum atomic E-state index is 12.2. The van der Waals surface area contributed by atoms with Gasteiger partial charge in [0.25, 0.3) is 0 Å². The summed E-state index contributed by atoms with van der Waals surface area (Å²) in [4.78, 5) is 14.1. The van der Waals surface area contributed by atoms with Crippen LogP contribution in [-0.4, -0.2) is 5.78 Å². The third-order valence-corrected chi connectivity index (χ3v) is 5.40. The summed E-state index contributed by atoms with van der Waals surface area (Å²) in [7, 11) is 0. The van der Waals surface area contributed by atoms with Gasteiger partial charge < -0.3 is 9.15 Å². The lowest BCUT2D eigenvalue weighted by atomic mass is 10.2. The van der Waals surface area contributed by atoms with Crippen molar-refractivity contribution in [3.05, 3.63) is 80.4 Å². The summed E-state index contributed by atoms with van der Waals surface area (Å²) in [5, 5.41) is 0.574. The monoisotopic (exact) mass is 386 g/mol. The number of benzene rings is 1. The normalized spacial score (nSPS) is 11.2. The number of thiophene rings is 1. The SMILES string of the molecule is CCc1ccc(C(=O)/C=C/c2ccc(COc3c(C)cccc3Cl)o2)s1. The number of allylic oxidation sites excluding steroid dienone is 1. The van der Waals surface area contributed by atoms with E-state index < -0.39 is 0 Å². The number of aryl methyl sites for hydroxylation is 2. The second-order valence-electron chi connectivity index (χ2n) is 5.80. The third-order valence-electron chi connectivity index (χ3n) is 3.86. The molecule has 0 radical (unpaired) electrons. The molecule has 0 bridgehead atoms. The van der Waals surface area contributed by atoms with Crippen LogP contribution >= 0.6 is 22.9 Å². The molecule has 5 heteroatoms. The molecule has 3 nitrogen and oxygen atoms in total. The molecule has 3 aromatic rings. The summed E-state index contributed by atoms with van der Waals surface area (Å²) in [5.74, 6) is 1.92. The molecular weight excluding hydrogens is 368 g/mol. The van der Waals surface area contributed by atoms with E-state index in [-0.39, 0.29) is 12.4 Å². The van der Waals surface area contributed by atoms with Crippen molar-refractivity contribution in [2.24, 2.45) is 0 Å². The van der Waals surface area contributed by atoms with Gasteiger partial charge in [-0.3, -0.25) is 4.79 Å². The third kappa shape index (κ3) is 4.45. The fraction of sp³-hybridized carbons (Fsp3) is 0.190. The standard InChI is InChI=1S/C21H19ClO3S/c1-3-17-10-12-20(26-17)19(23)11-9-15-7-8-16(25-15)13-24-21-14(2)5-4-6-18(21)22/h4-12H,3,13H2,1-2H3/b11-9+. The van der Waals surface area contributed by atoms with E-state index in [1.165, 1.54) is 22.3 Å². The first kappa shape index (κ1) is 18.5. The van der Waals surface area contributed by atoms with Gasteiger partial charge in [0.15, 0.2) is 5.78 Å². The van der Waals surface area contributed by atoms with Gasteiger partial charge in [-0.15, -0.1) is 11.3 Å². The van der Waals surface area contributed by atoms with Crippen molar-refractivity contribution in [3.8, 4) is 5.75 Å². The highest BCUT2D eigenvalue weighted by Gasteiger charge is 2.08. The van der Waals surface area contributed by atoms with Crippen molar-refractivity contribution in [1.29, 1.82) is 0 Å². The zero-order valence-electron chi connectivity index (χ0n) is 14.6. The smallest absolute Gasteiger partial charge is 0.195 e. The van der Waals surface area contributed by atoms with E-state index in [1.54, 1.807) is 12.1 Å². The fourth-order valence-electron chi connectivity index (χ4n) is 2.44. The van der Waals surface area contributed by atoms with Crippen molar-refractivity contribution < 1.29 is 13.9 Å². The maximum Gasteiger partial charge on any atom is 0.195 e. The Labute approximate surface area is 161 Å². The second-order valence-corrected chi connectivity index (χ2v) is 7.37. The first-order chi connectivity index (χ1) is 12.6. The Hall–Kier alpha value is -2.30. The molecular formula is C21H19ClO3S. The minimum atomic E-state index is -0.0180. The molecule has 26 heavy (non-hydrogen) atoms. The summed E-state index contributed by atoms with van der Waals surface area (Å²) in [6.45, 7) is 4.29. The van der Waals surface area contributed by atoms with Gasteiger partial charge in [0.05, 0.1) is 9.90 Å².